The first-order chi connectivity index (χ1) is 15.7. The van der Waals surface area contributed by atoms with Crippen LogP contribution in [0.15, 0.2) is 0 Å². The number of halogens is 1. The van der Waals surface area contributed by atoms with Crippen LogP contribution in [0.25, 0.3) is 0 Å². The molecule has 7 N–H and O–H groups in total. The molecule has 0 saturated carbocycles. The van der Waals surface area contributed by atoms with E-state index in [0.717, 1.165) is 17.3 Å². The number of carbonyl (C=O) groups is 5. The van der Waals surface area contributed by atoms with Gasteiger partial charge in [-0.1, -0.05) is 13.8 Å². The van der Waals surface area contributed by atoms with E-state index in [1.54, 1.807) is 6.92 Å². The van der Waals surface area contributed by atoms with Gasteiger partial charge in [-0.2, -0.15) is 0 Å². The van der Waals surface area contributed by atoms with Gasteiger partial charge in [-0.3, -0.25) is 14.4 Å². The van der Waals surface area contributed by atoms with Crippen LogP contribution in [0.1, 0.15) is 60.3 Å². The average Bonchev–Trinajstić information content (AvgIpc) is 2.79. The van der Waals surface area contributed by atoms with E-state index in [4.69, 9.17) is 3.95 Å². The van der Waals surface area contributed by atoms with Crippen LogP contribution < -0.4 is 52.0 Å². The Morgan fingerprint density at radius 1 is 0.788 bits per heavy atom. The van der Waals surface area contributed by atoms with Gasteiger partial charge in [-0.15, -0.1) is 0 Å². The molecule has 5 amide bonds. The molecule has 0 rings (SSSR count). The minimum absolute atomic E-state index is 0.0149. The van der Waals surface area contributed by atoms with Crippen LogP contribution >= 0.6 is 0 Å². The summed E-state index contributed by atoms with van der Waals surface area (Å²) >= 11 is -0.391. The van der Waals surface area contributed by atoms with Crippen LogP contribution in [0.4, 0.5) is 0 Å². The molecule has 0 heterocycles. The Kier molecular flexibility index (Phi) is 22.0. The molecule has 2 atom stereocenters. The maximum absolute atomic E-state index is 11.9. The second kappa shape index (κ2) is 21.9. The van der Waals surface area contributed by atoms with Crippen LogP contribution in [-0.4, -0.2) is 66.2 Å². The van der Waals surface area contributed by atoms with Crippen molar-refractivity contribution in [1.82, 2.24) is 26.6 Å². The number of unbranched alkanes of at least 4 members (excludes halogenated alkanes) is 2. The number of carbonyl (C=O) groups excluding carboxylic acids is 5. The molecule has 0 aliphatic carbocycles. The number of rotatable bonds is 16. The van der Waals surface area contributed by atoms with Gasteiger partial charge in [0.15, 0.2) is 0 Å². The zero-order chi connectivity index (χ0) is 25.6. The normalized spacial score (nSPS) is 11.8. The number of amides is 5. The van der Waals surface area contributed by atoms with Gasteiger partial charge in [0.2, 0.25) is 17.7 Å². The Balaban J connectivity index is 0. The summed E-state index contributed by atoms with van der Waals surface area (Å²) in [7, 11) is 0. The van der Waals surface area contributed by atoms with Crippen LogP contribution in [0.5, 0.6) is 0 Å². The molecule has 2 unspecified atom stereocenters. The van der Waals surface area contributed by atoms with E-state index in [1.165, 1.54) is 6.92 Å². The zero-order valence-corrected chi connectivity index (χ0v) is 22.7. The molecule has 0 fully saturated rings. The van der Waals surface area contributed by atoms with Gasteiger partial charge in [0.05, 0.1) is 6.54 Å². The molecule has 0 saturated heterocycles. The summed E-state index contributed by atoms with van der Waals surface area (Å²) in [5, 5.41) is 12.8. The molecule has 0 radical (unpaired) electrons. The molecule has 12 heteroatoms. The van der Waals surface area contributed by atoms with Crippen molar-refractivity contribution in [3.05, 3.63) is 0 Å². The third-order valence-electron chi connectivity index (χ3n) is 4.16. The fourth-order valence-corrected chi connectivity index (χ4v) is 3.55. The number of nitrogens with two attached hydrogens (primary N) is 1. The van der Waals surface area contributed by atoms with E-state index in [9.17, 15) is 24.0 Å². The standard InChI is InChI=1S/C19H36IN6O5.C2H6/c1-4-22-16(28)11-25-19(31)14(3)26-17(29)12-24-15(27)8-6-5-7-9-23-18(30)13(2)10-20-21;1-2/h13-14H,4-12,21H2,1-3H3,(H,22,28)(H,23,30)(H,24,27)(H,25,31)(H,26,29);1-2H3/q-1;. The molecule has 0 spiro atoms. The summed E-state index contributed by atoms with van der Waals surface area (Å²) in [6.45, 7) is 9.75. The van der Waals surface area contributed by atoms with Crippen molar-refractivity contribution >= 4 is 29.5 Å². The van der Waals surface area contributed by atoms with Crippen molar-refractivity contribution in [2.75, 3.05) is 30.6 Å². The van der Waals surface area contributed by atoms with Gasteiger partial charge in [-0.25, -0.2) is 0 Å². The Labute approximate surface area is 208 Å². The fraction of sp³-hybridized carbons (Fsp3) is 0.762. The van der Waals surface area contributed by atoms with Gasteiger partial charge >= 0.3 is 114 Å². The summed E-state index contributed by atoms with van der Waals surface area (Å²) in [4.78, 5) is 58.6. The van der Waals surface area contributed by atoms with Gasteiger partial charge in [-0.05, 0) is 13.8 Å². The van der Waals surface area contributed by atoms with E-state index in [-0.39, 0.29) is 43.1 Å². The van der Waals surface area contributed by atoms with Gasteiger partial charge in [0.25, 0.3) is 0 Å². The maximum atomic E-state index is 11.9. The van der Waals surface area contributed by atoms with Crippen LogP contribution in [0, 0.1) is 5.92 Å². The van der Waals surface area contributed by atoms with Crippen LogP contribution in [-0.2, 0) is 24.0 Å². The second-order valence-corrected chi connectivity index (χ2v) is 8.81. The molecule has 0 aromatic carbocycles. The monoisotopic (exact) mass is 585 g/mol. The number of hydrogen-bond donors (Lipinski definition) is 6. The van der Waals surface area contributed by atoms with Crippen LogP contribution in [0.3, 0.4) is 0 Å². The quantitative estimate of drug-likeness (QED) is 0.0469. The predicted molar refractivity (Wildman–Crippen MR) is 123 cm³/mol. The molecule has 194 valence electrons. The molecule has 11 nitrogen and oxygen atoms in total. The SMILES string of the molecule is CC.CCNC(=O)CNC(=O)C(C)NC(=O)CNC(=O)CCCCCNC(=O)C(C)C[I-]N. The second-order valence-electron chi connectivity index (χ2n) is 7.05. The third kappa shape index (κ3) is 19.2. The van der Waals surface area contributed by atoms with E-state index in [1.807, 2.05) is 20.8 Å². The Hall–Kier alpha value is -1.96. The van der Waals surface area contributed by atoms with Gasteiger partial charge < -0.3 is 16.0 Å². The zero-order valence-electron chi connectivity index (χ0n) is 20.5. The number of likely N-dealkylation sites (N-methyl/N-ethyl adjacent to an activating group) is 1. The number of alkyl halides is 1. The predicted octanol–water partition coefficient (Wildman–Crippen LogP) is -3.84. The Bertz CT molecular complexity index is 606. The first-order valence-electron chi connectivity index (χ1n) is 11.4. The third-order valence-corrected chi connectivity index (χ3v) is 5.99. The van der Waals surface area contributed by atoms with Crippen LogP contribution in [0.2, 0.25) is 0 Å². The van der Waals surface area contributed by atoms with Crippen molar-refractivity contribution in [1.29, 1.82) is 0 Å². The summed E-state index contributed by atoms with van der Waals surface area (Å²) < 4.78 is 6.30. The number of nitrogens with one attached hydrogen (secondary N) is 5. The Morgan fingerprint density at radius 2 is 1.42 bits per heavy atom. The van der Waals surface area contributed by atoms with Crippen molar-refractivity contribution in [3.8, 4) is 0 Å². The molecular formula is C21H42IN6O5-. The molecule has 33 heavy (non-hydrogen) atoms. The average molecular weight is 586 g/mol. The first-order valence-corrected chi connectivity index (χ1v) is 14.1. The summed E-state index contributed by atoms with van der Waals surface area (Å²) in [5.41, 5.74) is 0. The topological polar surface area (TPSA) is 172 Å². The van der Waals surface area contributed by atoms with E-state index >= 15 is 0 Å². The van der Waals surface area contributed by atoms with Crippen molar-refractivity contribution in [2.45, 2.75) is 66.3 Å². The summed E-state index contributed by atoms with van der Waals surface area (Å²) in [6, 6.07) is -0.830. The molecule has 0 aliphatic rings. The van der Waals surface area contributed by atoms with Crippen molar-refractivity contribution in [2.24, 2.45) is 9.86 Å². The molecule has 0 aromatic rings. The van der Waals surface area contributed by atoms with E-state index < -0.39 is 39.3 Å². The molecular weight excluding hydrogens is 543 g/mol. The van der Waals surface area contributed by atoms with Gasteiger partial charge in [0.1, 0.15) is 6.04 Å². The van der Waals surface area contributed by atoms with Crippen molar-refractivity contribution in [3.63, 3.8) is 0 Å². The van der Waals surface area contributed by atoms with E-state index in [2.05, 4.69) is 26.6 Å². The first kappa shape index (κ1) is 33.2. The van der Waals surface area contributed by atoms with Gasteiger partial charge in [0, 0.05) is 6.54 Å². The molecule has 0 bridgehead atoms. The summed E-state index contributed by atoms with van der Waals surface area (Å²) in [5.74, 6) is -1.59. The summed E-state index contributed by atoms with van der Waals surface area (Å²) in [6.07, 6.45) is 2.47. The fourth-order valence-electron chi connectivity index (χ4n) is 2.38. The molecule has 0 aromatic heterocycles. The van der Waals surface area contributed by atoms with Crippen molar-refractivity contribution < 1.29 is 45.5 Å². The minimum atomic E-state index is -0.830. The molecule has 0 aliphatic heterocycles. The Morgan fingerprint density at radius 3 is 2.03 bits per heavy atom. The number of hydrogen-bond acceptors (Lipinski definition) is 6. The van der Waals surface area contributed by atoms with E-state index in [0.29, 0.717) is 19.5 Å².